The molecule has 0 unspecified atom stereocenters. The second kappa shape index (κ2) is 8.75. The molecular weight excluding hydrogens is 512 g/mol. The zero-order valence-corrected chi connectivity index (χ0v) is 20.3. The molecule has 5 rings (SSSR count). The highest BCUT2D eigenvalue weighted by Gasteiger charge is 2.52. The third-order valence-corrected chi connectivity index (χ3v) is 9.36. The maximum atomic E-state index is 12.9. The molecule has 1 aromatic heterocycles. The molecule has 1 saturated heterocycles. The van der Waals surface area contributed by atoms with Crippen molar-refractivity contribution in [3.8, 4) is 0 Å². The highest BCUT2D eigenvalue weighted by molar-refractivity contribution is 8.00. The fourth-order valence-electron chi connectivity index (χ4n) is 4.27. The zero-order valence-electron chi connectivity index (χ0n) is 17.8. The van der Waals surface area contributed by atoms with E-state index in [0.717, 1.165) is 28.7 Å². The molecule has 4 N–H and O–H groups in total. The molecule has 0 spiro atoms. The number of fused-ring (bicyclic) bond motifs is 2. The van der Waals surface area contributed by atoms with E-state index in [2.05, 4.69) is 10.6 Å². The molecule has 3 amide bonds. The largest absolute Gasteiger partial charge is 0.325 e. The Hall–Kier alpha value is -3.26. The summed E-state index contributed by atoms with van der Waals surface area (Å²) in [5, 5.41) is 9.88. The Kier molecular flexibility index (Phi) is 5.87. The molecule has 180 valence electrons. The van der Waals surface area contributed by atoms with Crippen LogP contribution in [0.4, 0.5) is 5.69 Å². The van der Waals surface area contributed by atoms with Crippen LogP contribution in [0.2, 0.25) is 0 Å². The lowest BCUT2D eigenvalue weighted by atomic mass is 9.83. The number of sulfonamides is 1. The summed E-state index contributed by atoms with van der Waals surface area (Å²) in [7, 11) is -3.86. The minimum atomic E-state index is -3.86. The molecular formula is C22H18N4O6S3. The van der Waals surface area contributed by atoms with Gasteiger partial charge in [0.25, 0.3) is 0 Å². The van der Waals surface area contributed by atoms with Crippen molar-refractivity contribution < 1.29 is 22.8 Å². The molecule has 1 fully saturated rings. The number of hydrogen-bond acceptors (Lipinski definition) is 8. The number of rotatable bonds is 5. The van der Waals surface area contributed by atoms with Crippen molar-refractivity contribution in [2.45, 2.75) is 27.6 Å². The summed E-state index contributed by atoms with van der Waals surface area (Å²) >= 11 is 2.08. The third-order valence-electron chi connectivity index (χ3n) is 5.81. The topological polar surface area (TPSA) is 157 Å². The van der Waals surface area contributed by atoms with Crippen molar-refractivity contribution in [1.29, 1.82) is 0 Å². The summed E-state index contributed by atoms with van der Waals surface area (Å²) in [5.41, 5.74) is 1.14. The Balaban J connectivity index is 1.46. The number of thioether (sulfide) groups is 1. The molecule has 3 heterocycles. The first-order chi connectivity index (χ1) is 16.6. The van der Waals surface area contributed by atoms with Crippen molar-refractivity contribution in [3.63, 3.8) is 0 Å². The molecule has 35 heavy (non-hydrogen) atoms. The van der Waals surface area contributed by atoms with E-state index in [9.17, 15) is 27.6 Å². The second-order valence-electron chi connectivity index (χ2n) is 8.05. The van der Waals surface area contributed by atoms with Crippen LogP contribution in [0.1, 0.15) is 16.4 Å². The van der Waals surface area contributed by atoms with Crippen molar-refractivity contribution in [2.75, 3.05) is 5.32 Å². The summed E-state index contributed by atoms with van der Waals surface area (Å²) < 4.78 is 24.1. The van der Waals surface area contributed by atoms with Crippen LogP contribution in [0, 0.1) is 5.92 Å². The van der Waals surface area contributed by atoms with Crippen molar-refractivity contribution >= 4 is 56.5 Å². The summed E-state index contributed by atoms with van der Waals surface area (Å²) in [6.45, 7) is -0.316. The van der Waals surface area contributed by atoms with E-state index in [0.29, 0.717) is 15.6 Å². The van der Waals surface area contributed by atoms with Crippen molar-refractivity contribution in [2.24, 2.45) is 11.1 Å². The number of nitrogens with one attached hydrogen (secondary N) is 2. The monoisotopic (exact) mass is 530 g/mol. The second-order valence-corrected chi connectivity index (χ2v) is 11.7. The average Bonchev–Trinajstić information content (AvgIpc) is 3.27. The van der Waals surface area contributed by atoms with E-state index in [1.165, 1.54) is 28.8 Å². The van der Waals surface area contributed by atoms with Crippen LogP contribution < -0.4 is 20.6 Å². The number of anilines is 1. The standard InChI is InChI=1S/C22H18N4O6S3/c23-35(31,32)13-8-6-12(7-9-13)24-14(27)10-26-21-18(34-22(26)30)15(11-4-2-1-3-5-11)16-17(33-21)20(29)25-19(16)28/h1-9,15-17H,10H2,(H,24,27)(H2,23,31,32)(H,25,28,29)/t15-,16+,17-/m0/s1. The number of carbonyl (C=O) groups excluding carboxylic acids is 3. The Morgan fingerprint density at radius 3 is 2.37 bits per heavy atom. The molecule has 3 atom stereocenters. The minimum absolute atomic E-state index is 0.0964. The fourth-order valence-corrected chi connectivity index (χ4v) is 7.52. The molecule has 10 nitrogen and oxygen atoms in total. The zero-order chi connectivity index (χ0) is 24.9. The minimum Gasteiger partial charge on any atom is -0.325 e. The van der Waals surface area contributed by atoms with E-state index in [1.807, 2.05) is 30.3 Å². The predicted molar refractivity (Wildman–Crippen MR) is 130 cm³/mol. The predicted octanol–water partition coefficient (Wildman–Crippen LogP) is 1.07. The van der Waals surface area contributed by atoms with Gasteiger partial charge in [-0.25, -0.2) is 13.6 Å². The van der Waals surface area contributed by atoms with Gasteiger partial charge in [-0.15, -0.1) is 0 Å². The highest BCUT2D eigenvalue weighted by atomic mass is 32.2. The molecule has 2 aliphatic rings. The van der Waals surface area contributed by atoms with Gasteiger partial charge in [0.1, 0.15) is 11.8 Å². The van der Waals surface area contributed by atoms with E-state index in [4.69, 9.17) is 5.14 Å². The molecule has 13 heteroatoms. The van der Waals surface area contributed by atoms with Gasteiger partial charge in [0.05, 0.1) is 15.8 Å². The molecule has 0 saturated carbocycles. The van der Waals surface area contributed by atoms with Crippen LogP contribution in [0.15, 0.2) is 69.3 Å². The van der Waals surface area contributed by atoms with Gasteiger partial charge in [0, 0.05) is 16.5 Å². The molecule has 2 aromatic carbocycles. The van der Waals surface area contributed by atoms with E-state index >= 15 is 0 Å². The summed E-state index contributed by atoms with van der Waals surface area (Å²) in [6, 6.07) is 14.5. The Labute approximate surface area is 207 Å². The Morgan fingerprint density at radius 2 is 1.71 bits per heavy atom. The highest BCUT2D eigenvalue weighted by Crippen LogP contribution is 2.51. The first kappa shape index (κ1) is 23.5. The van der Waals surface area contributed by atoms with Crippen molar-refractivity contribution in [1.82, 2.24) is 9.88 Å². The number of aromatic nitrogens is 1. The van der Waals surface area contributed by atoms with Gasteiger partial charge in [-0.3, -0.25) is 29.1 Å². The number of primary sulfonamides is 1. The van der Waals surface area contributed by atoms with Gasteiger partial charge >= 0.3 is 4.87 Å². The molecule has 0 radical (unpaired) electrons. The number of hydrogen-bond donors (Lipinski definition) is 3. The third kappa shape index (κ3) is 4.31. The Bertz CT molecular complexity index is 1510. The maximum Gasteiger partial charge on any atom is 0.308 e. The SMILES string of the molecule is NS(=O)(=O)c1ccc(NC(=O)Cn2c3c(sc2=O)[C@@H](c2ccccc2)[C@H]2C(=O)NC(=O)[C@H]2S3)cc1. The van der Waals surface area contributed by atoms with E-state index in [-0.39, 0.29) is 22.2 Å². The number of thiazole rings is 1. The van der Waals surface area contributed by atoms with Crippen LogP contribution in [0.5, 0.6) is 0 Å². The molecule has 2 aliphatic heterocycles. The lowest BCUT2D eigenvalue weighted by Crippen LogP contribution is -2.32. The quantitative estimate of drug-likeness (QED) is 0.417. The number of nitrogens with two attached hydrogens (primary N) is 1. The number of benzene rings is 2. The van der Waals surface area contributed by atoms with Gasteiger partial charge < -0.3 is 5.32 Å². The van der Waals surface area contributed by atoms with Gasteiger partial charge in [0.15, 0.2) is 0 Å². The fraction of sp³-hybridized carbons (Fsp3) is 0.182. The average molecular weight is 531 g/mol. The van der Waals surface area contributed by atoms with E-state index < -0.39 is 38.9 Å². The van der Waals surface area contributed by atoms with Crippen LogP contribution >= 0.6 is 23.1 Å². The van der Waals surface area contributed by atoms with Crippen molar-refractivity contribution in [3.05, 3.63) is 74.7 Å². The number of nitrogens with zero attached hydrogens (tertiary/aromatic N) is 1. The molecule has 0 bridgehead atoms. The van der Waals surface area contributed by atoms with Gasteiger partial charge in [0.2, 0.25) is 27.7 Å². The summed E-state index contributed by atoms with van der Waals surface area (Å²) in [6.07, 6.45) is 0. The molecule has 3 aromatic rings. The first-order valence-corrected chi connectivity index (χ1v) is 13.6. The smallest absolute Gasteiger partial charge is 0.308 e. The van der Waals surface area contributed by atoms with Crippen LogP contribution in [-0.2, 0) is 31.0 Å². The molecule has 0 aliphatic carbocycles. The lowest BCUT2D eigenvalue weighted by molar-refractivity contribution is -0.126. The normalized spacial score (nSPS) is 21.2. The summed E-state index contributed by atoms with van der Waals surface area (Å²) in [5.74, 6) is -2.44. The first-order valence-electron chi connectivity index (χ1n) is 10.4. The van der Waals surface area contributed by atoms with Crippen LogP contribution in [-0.4, -0.2) is 36.0 Å². The Morgan fingerprint density at radius 1 is 1.03 bits per heavy atom. The van der Waals surface area contributed by atoms with E-state index in [1.54, 1.807) is 0 Å². The van der Waals surface area contributed by atoms with Gasteiger partial charge in [-0.1, -0.05) is 53.4 Å². The van der Waals surface area contributed by atoms with Crippen LogP contribution in [0.25, 0.3) is 0 Å². The number of amides is 3. The van der Waals surface area contributed by atoms with Gasteiger partial charge in [-0.05, 0) is 29.8 Å². The number of carbonyl (C=O) groups is 3. The maximum absolute atomic E-state index is 12.9. The number of imide groups is 1. The van der Waals surface area contributed by atoms with Gasteiger partial charge in [-0.2, -0.15) is 0 Å². The lowest BCUT2D eigenvalue weighted by Gasteiger charge is -2.30. The summed E-state index contributed by atoms with van der Waals surface area (Å²) in [4.78, 5) is 51.0. The van der Waals surface area contributed by atoms with Crippen LogP contribution in [0.3, 0.4) is 0 Å².